The van der Waals surface area contributed by atoms with E-state index in [4.69, 9.17) is 4.98 Å². The Bertz CT molecular complexity index is 636. The summed E-state index contributed by atoms with van der Waals surface area (Å²) in [6, 6.07) is 11.0. The standard InChI is InChI=1S/C20H29NSi/c1-14(2)16(4)18-12-19(17-10-8-15(3)9-11-17)21-13-20(18)22(5,6)7/h8-14,16H,1-7H3. The Morgan fingerprint density at radius 3 is 2.05 bits per heavy atom. The number of rotatable bonds is 4. The van der Waals surface area contributed by atoms with Gasteiger partial charge in [0.2, 0.25) is 0 Å². The molecule has 0 radical (unpaired) electrons. The van der Waals surface area contributed by atoms with Crippen molar-refractivity contribution in [1.29, 1.82) is 0 Å². The summed E-state index contributed by atoms with van der Waals surface area (Å²) in [6.07, 6.45) is 2.15. The largest absolute Gasteiger partial charge is 0.256 e. The summed E-state index contributed by atoms with van der Waals surface area (Å²) in [5.41, 5.74) is 5.10. The van der Waals surface area contributed by atoms with Crippen LogP contribution in [0.2, 0.25) is 19.6 Å². The molecule has 0 fully saturated rings. The van der Waals surface area contributed by atoms with E-state index in [1.54, 1.807) is 0 Å². The molecule has 0 N–H and O–H groups in total. The fraction of sp³-hybridized carbons (Fsp3) is 0.450. The lowest BCUT2D eigenvalue weighted by Gasteiger charge is -2.26. The third-order valence-electron chi connectivity index (χ3n) is 4.58. The van der Waals surface area contributed by atoms with Gasteiger partial charge in [0.15, 0.2) is 0 Å². The van der Waals surface area contributed by atoms with Gasteiger partial charge in [-0.15, -0.1) is 0 Å². The quantitative estimate of drug-likeness (QED) is 0.692. The summed E-state index contributed by atoms with van der Waals surface area (Å²) in [5, 5.41) is 1.50. The van der Waals surface area contributed by atoms with Crippen LogP contribution in [0.1, 0.15) is 37.8 Å². The lowest BCUT2D eigenvalue weighted by molar-refractivity contribution is 0.537. The van der Waals surface area contributed by atoms with Crippen LogP contribution in [0.25, 0.3) is 11.3 Å². The summed E-state index contributed by atoms with van der Waals surface area (Å²) in [7, 11) is -1.38. The molecule has 1 atom stereocenters. The van der Waals surface area contributed by atoms with Crippen molar-refractivity contribution in [2.24, 2.45) is 5.92 Å². The molecule has 1 heterocycles. The van der Waals surface area contributed by atoms with Crippen molar-refractivity contribution in [2.75, 3.05) is 0 Å². The van der Waals surface area contributed by atoms with Crippen LogP contribution in [0.4, 0.5) is 0 Å². The molecule has 1 aromatic heterocycles. The van der Waals surface area contributed by atoms with E-state index in [9.17, 15) is 0 Å². The minimum absolute atomic E-state index is 0.564. The van der Waals surface area contributed by atoms with Gasteiger partial charge < -0.3 is 0 Å². The molecule has 118 valence electrons. The van der Waals surface area contributed by atoms with Crippen LogP contribution in [0, 0.1) is 12.8 Å². The van der Waals surface area contributed by atoms with Crippen molar-refractivity contribution in [1.82, 2.24) is 4.98 Å². The Hall–Kier alpha value is -1.41. The molecule has 1 unspecified atom stereocenters. The molecule has 0 spiro atoms. The molecule has 2 aromatic rings. The monoisotopic (exact) mass is 311 g/mol. The lowest BCUT2D eigenvalue weighted by atomic mass is 9.90. The minimum atomic E-state index is -1.38. The van der Waals surface area contributed by atoms with Gasteiger partial charge in [-0.25, -0.2) is 0 Å². The van der Waals surface area contributed by atoms with Crippen molar-refractivity contribution in [2.45, 2.75) is 53.3 Å². The Kier molecular flexibility index (Phi) is 4.91. The third kappa shape index (κ3) is 3.67. The van der Waals surface area contributed by atoms with Crippen molar-refractivity contribution >= 4 is 13.3 Å². The molecular weight excluding hydrogens is 282 g/mol. The van der Waals surface area contributed by atoms with Crippen LogP contribution in [-0.4, -0.2) is 13.1 Å². The molecular formula is C20H29NSi. The second-order valence-corrected chi connectivity index (χ2v) is 12.8. The number of nitrogens with zero attached hydrogens (tertiary/aromatic N) is 1. The SMILES string of the molecule is Cc1ccc(-c2cc(C(C)C(C)C)c([Si](C)(C)C)cn2)cc1. The van der Waals surface area contributed by atoms with Crippen LogP contribution in [0.3, 0.4) is 0 Å². The van der Waals surface area contributed by atoms with Gasteiger partial charge in [-0.05, 0) is 35.6 Å². The molecule has 0 aliphatic carbocycles. The minimum Gasteiger partial charge on any atom is -0.256 e. The van der Waals surface area contributed by atoms with Gasteiger partial charge in [0, 0.05) is 11.8 Å². The van der Waals surface area contributed by atoms with Crippen molar-refractivity contribution in [3.8, 4) is 11.3 Å². The average Bonchev–Trinajstić information content (AvgIpc) is 2.45. The number of benzene rings is 1. The van der Waals surface area contributed by atoms with Gasteiger partial charge in [-0.2, -0.15) is 0 Å². The fourth-order valence-electron chi connectivity index (χ4n) is 2.72. The number of pyridine rings is 1. The molecule has 0 aliphatic heterocycles. The first-order chi connectivity index (χ1) is 10.2. The predicted octanol–water partition coefficient (Wildman–Crippen LogP) is 5.36. The van der Waals surface area contributed by atoms with Crippen LogP contribution < -0.4 is 5.19 Å². The molecule has 0 amide bonds. The van der Waals surface area contributed by atoms with Crippen molar-refractivity contribution < 1.29 is 0 Å². The molecule has 0 bridgehead atoms. The second-order valence-electron chi connectivity index (χ2n) is 7.81. The molecule has 0 saturated heterocycles. The molecule has 1 aromatic carbocycles. The molecule has 1 nitrogen and oxygen atoms in total. The number of aryl methyl sites for hydroxylation is 1. The van der Waals surface area contributed by atoms with Gasteiger partial charge in [0.25, 0.3) is 0 Å². The Labute approximate surface area is 136 Å². The Morgan fingerprint density at radius 1 is 0.955 bits per heavy atom. The Morgan fingerprint density at radius 2 is 1.55 bits per heavy atom. The Balaban J connectivity index is 2.56. The molecule has 0 saturated carbocycles. The summed E-state index contributed by atoms with van der Waals surface area (Å²) in [5.74, 6) is 1.21. The maximum atomic E-state index is 4.78. The maximum Gasteiger partial charge on any atom is 0.0799 e. The smallest absolute Gasteiger partial charge is 0.0799 e. The normalized spacial score (nSPS) is 13.5. The third-order valence-corrected chi connectivity index (χ3v) is 6.62. The van der Waals surface area contributed by atoms with Crippen molar-refractivity contribution in [3.05, 3.63) is 47.7 Å². The van der Waals surface area contributed by atoms with E-state index in [2.05, 4.69) is 83.9 Å². The fourth-order valence-corrected chi connectivity index (χ4v) is 4.33. The predicted molar refractivity (Wildman–Crippen MR) is 101 cm³/mol. The average molecular weight is 312 g/mol. The highest BCUT2D eigenvalue weighted by Gasteiger charge is 2.25. The first-order valence-corrected chi connectivity index (χ1v) is 11.8. The first kappa shape index (κ1) is 16.9. The highest BCUT2D eigenvalue weighted by atomic mass is 28.3. The number of aromatic nitrogens is 1. The van der Waals surface area contributed by atoms with Crippen LogP contribution in [-0.2, 0) is 0 Å². The number of hydrogen-bond donors (Lipinski definition) is 0. The van der Waals surface area contributed by atoms with Crippen molar-refractivity contribution in [3.63, 3.8) is 0 Å². The number of hydrogen-bond acceptors (Lipinski definition) is 1. The van der Waals surface area contributed by atoms with E-state index in [1.165, 1.54) is 21.9 Å². The summed E-state index contributed by atoms with van der Waals surface area (Å²) in [6.45, 7) is 16.3. The van der Waals surface area contributed by atoms with E-state index in [0.717, 1.165) is 5.69 Å². The highest BCUT2D eigenvalue weighted by Crippen LogP contribution is 2.27. The molecule has 22 heavy (non-hydrogen) atoms. The van der Waals surface area contributed by atoms with Gasteiger partial charge in [0.05, 0.1) is 13.8 Å². The van der Waals surface area contributed by atoms with E-state index >= 15 is 0 Å². The lowest BCUT2D eigenvalue weighted by Crippen LogP contribution is -2.41. The molecule has 2 rings (SSSR count). The van der Waals surface area contributed by atoms with E-state index in [0.29, 0.717) is 11.8 Å². The van der Waals surface area contributed by atoms with E-state index in [1.807, 2.05) is 0 Å². The summed E-state index contributed by atoms with van der Waals surface area (Å²) in [4.78, 5) is 4.78. The van der Waals surface area contributed by atoms with E-state index in [-0.39, 0.29) is 0 Å². The van der Waals surface area contributed by atoms with Crippen LogP contribution in [0.5, 0.6) is 0 Å². The van der Waals surface area contributed by atoms with Crippen LogP contribution >= 0.6 is 0 Å². The van der Waals surface area contributed by atoms with Gasteiger partial charge in [0.1, 0.15) is 0 Å². The molecule has 2 heteroatoms. The maximum absolute atomic E-state index is 4.78. The highest BCUT2D eigenvalue weighted by molar-refractivity contribution is 6.89. The second kappa shape index (κ2) is 6.37. The first-order valence-electron chi connectivity index (χ1n) is 8.27. The summed E-state index contributed by atoms with van der Waals surface area (Å²) < 4.78 is 0. The molecule has 0 aliphatic rings. The topological polar surface area (TPSA) is 12.9 Å². The van der Waals surface area contributed by atoms with E-state index < -0.39 is 8.07 Å². The van der Waals surface area contributed by atoms with Crippen LogP contribution in [0.15, 0.2) is 36.5 Å². The van der Waals surface area contributed by atoms with Gasteiger partial charge in [-0.1, -0.05) is 70.2 Å². The zero-order valence-electron chi connectivity index (χ0n) is 15.1. The zero-order valence-corrected chi connectivity index (χ0v) is 16.1. The summed E-state index contributed by atoms with van der Waals surface area (Å²) >= 11 is 0. The zero-order chi connectivity index (χ0) is 16.5. The van der Waals surface area contributed by atoms with Gasteiger partial charge >= 0.3 is 0 Å². The van der Waals surface area contributed by atoms with Gasteiger partial charge in [-0.3, -0.25) is 4.98 Å².